The predicted molar refractivity (Wildman–Crippen MR) is 95.2 cm³/mol. The van der Waals surface area contributed by atoms with Gasteiger partial charge >= 0.3 is 0 Å². The Hall–Kier alpha value is -3.15. The monoisotopic (exact) mass is 334 g/mol. The molecule has 3 aromatic rings. The number of hydrogen-bond acceptors (Lipinski definition) is 5. The van der Waals surface area contributed by atoms with Gasteiger partial charge in [0.25, 0.3) is 5.91 Å². The van der Waals surface area contributed by atoms with Crippen molar-refractivity contribution in [3.8, 4) is 0 Å². The molecule has 2 aromatic heterocycles. The Bertz CT molecular complexity index is 919. The van der Waals surface area contributed by atoms with E-state index in [1.165, 1.54) is 5.56 Å². The number of carbonyl (C=O) groups is 1. The molecule has 0 bridgehead atoms. The van der Waals surface area contributed by atoms with Gasteiger partial charge in [0.15, 0.2) is 5.82 Å². The van der Waals surface area contributed by atoms with Crippen molar-refractivity contribution in [2.24, 2.45) is 0 Å². The van der Waals surface area contributed by atoms with Gasteiger partial charge in [-0.1, -0.05) is 23.4 Å². The fourth-order valence-corrected chi connectivity index (χ4v) is 3.08. The summed E-state index contributed by atoms with van der Waals surface area (Å²) in [7, 11) is 0. The molecule has 0 unspecified atom stereocenters. The Morgan fingerprint density at radius 2 is 2.12 bits per heavy atom. The highest BCUT2D eigenvalue weighted by atomic mass is 16.5. The molecule has 6 nitrogen and oxygen atoms in total. The molecule has 0 radical (unpaired) electrons. The predicted octanol–water partition coefficient (Wildman–Crippen LogP) is 3.71. The molecular weight excluding hydrogens is 316 g/mol. The summed E-state index contributed by atoms with van der Waals surface area (Å²) in [5.41, 5.74) is 3.33. The van der Waals surface area contributed by atoms with E-state index in [0.717, 1.165) is 30.0 Å². The van der Waals surface area contributed by atoms with Crippen LogP contribution < -0.4 is 10.2 Å². The van der Waals surface area contributed by atoms with Crippen LogP contribution in [0.2, 0.25) is 0 Å². The Morgan fingerprint density at radius 3 is 2.96 bits per heavy atom. The molecule has 4 rings (SSSR count). The van der Waals surface area contributed by atoms with Crippen molar-refractivity contribution < 1.29 is 9.32 Å². The molecule has 3 heterocycles. The molecule has 0 atom stereocenters. The minimum Gasteiger partial charge on any atom is -0.360 e. The van der Waals surface area contributed by atoms with Gasteiger partial charge in [-0.2, -0.15) is 0 Å². The number of pyridine rings is 1. The first kappa shape index (κ1) is 15.4. The molecular formula is C19H18N4O2. The van der Waals surface area contributed by atoms with E-state index in [2.05, 4.69) is 21.5 Å². The molecule has 1 amide bonds. The van der Waals surface area contributed by atoms with Crippen molar-refractivity contribution in [3.63, 3.8) is 0 Å². The van der Waals surface area contributed by atoms with Crippen LogP contribution in [0.5, 0.6) is 0 Å². The third kappa shape index (κ3) is 3.10. The number of carbonyl (C=O) groups excluding carboxylic acids is 1. The van der Waals surface area contributed by atoms with Gasteiger partial charge in [-0.15, -0.1) is 0 Å². The number of aryl methyl sites for hydroxylation is 2. The van der Waals surface area contributed by atoms with Crippen LogP contribution in [-0.4, -0.2) is 22.6 Å². The summed E-state index contributed by atoms with van der Waals surface area (Å²) >= 11 is 0. The van der Waals surface area contributed by atoms with Crippen LogP contribution in [0.4, 0.5) is 17.2 Å². The van der Waals surface area contributed by atoms with Crippen LogP contribution in [-0.2, 0) is 6.42 Å². The number of anilines is 3. The van der Waals surface area contributed by atoms with E-state index in [1.807, 2.05) is 30.0 Å². The van der Waals surface area contributed by atoms with Crippen molar-refractivity contribution >= 4 is 23.1 Å². The van der Waals surface area contributed by atoms with Crippen LogP contribution in [0.15, 0.2) is 53.2 Å². The number of rotatable bonds is 3. The molecule has 1 aliphatic rings. The molecule has 0 fully saturated rings. The highest BCUT2D eigenvalue weighted by molar-refractivity contribution is 6.06. The zero-order valence-electron chi connectivity index (χ0n) is 13.9. The van der Waals surface area contributed by atoms with E-state index < -0.39 is 0 Å². The lowest BCUT2D eigenvalue weighted by atomic mass is 10.0. The van der Waals surface area contributed by atoms with Gasteiger partial charge in [0.2, 0.25) is 0 Å². The van der Waals surface area contributed by atoms with Gasteiger partial charge in [0.05, 0.1) is 0 Å². The van der Waals surface area contributed by atoms with Crippen LogP contribution in [0.25, 0.3) is 0 Å². The summed E-state index contributed by atoms with van der Waals surface area (Å²) < 4.78 is 5.05. The quantitative estimate of drug-likeness (QED) is 0.790. The highest BCUT2D eigenvalue weighted by Gasteiger charge is 2.24. The number of para-hydroxylation sites is 1. The standard InChI is InChI=1S/C19H18N4O2/c1-13-11-18(22-25-13)21-15-8-9-20-16(12-15)19(24)23-10-4-6-14-5-2-3-7-17(14)23/h2-3,5,7-9,11-12H,4,6,10H2,1H3,(H,20,21,22). The van der Waals surface area contributed by atoms with Gasteiger partial charge < -0.3 is 14.7 Å². The largest absolute Gasteiger partial charge is 0.360 e. The van der Waals surface area contributed by atoms with Crippen molar-refractivity contribution in [2.45, 2.75) is 19.8 Å². The zero-order chi connectivity index (χ0) is 17.2. The molecule has 0 saturated carbocycles. The molecule has 0 aliphatic carbocycles. The third-order valence-corrected chi connectivity index (χ3v) is 4.23. The minimum atomic E-state index is -0.0906. The maximum absolute atomic E-state index is 13.0. The van der Waals surface area contributed by atoms with Crippen molar-refractivity contribution in [1.82, 2.24) is 10.1 Å². The second-order valence-electron chi connectivity index (χ2n) is 6.07. The first-order valence-electron chi connectivity index (χ1n) is 8.27. The average Bonchev–Trinajstić information content (AvgIpc) is 3.05. The number of benzene rings is 1. The second-order valence-corrected chi connectivity index (χ2v) is 6.07. The average molecular weight is 334 g/mol. The van der Waals surface area contributed by atoms with Gasteiger partial charge in [-0.3, -0.25) is 9.78 Å². The van der Waals surface area contributed by atoms with Crippen LogP contribution >= 0.6 is 0 Å². The summed E-state index contributed by atoms with van der Waals surface area (Å²) in [4.78, 5) is 19.0. The summed E-state index contributed by atoms with van der Waals surface area (Å²) in [6, 6.07) is 13.4. The summed E-state index contributed by atoms with van der Waals surface area (Å²) in [5.74, 6) is 1.23. The Balaban J connectivity index is 1.60. The normalized spacial score (nSPS) is 13.4. The van der Waals surface area contributed by atoms with E-state index in [9.17, 15) is 4.79 Å². The van der Waals surface area contributed by atoms with Gasteiger partial charge in [-0.05, 0) is 43.5 Å². The summed E-state index contributed by atoms with van der Waals surface area (Å²) in [5, 5.41) is 7.03. The Labute approximate surface area is 145 Å². The van der Waals surface area contributed by atoms with Crippen molar-refractivity contribution in [2.75, 3.05) is 16.8 Å². The number of fused-ring (bicyclic) bond motifs is 1. The number of nitrogens with zero attached hydrogens (tertiary/aromatic N) is 3. The number of amides is 1. The fraction of sp³-hybridized carbons (Fsp3) is 0.211. The lowest BCUT2D eigenvalue weighted by molar-refractivity contribution is 0.0980. The van der Waals surface area contributed by atoms with Crippen molar-refractivity contribution in [1.29, 1.82) is 0 Å². The van der Waals surface area contributed by atoms with Gasteiger partial charge in [0.1, 0.15) is 11.5 Å². The fourth-order valence-electron chi connectivity index (χ4n) is 3.08. The number of nitrogens with one attached hydrogen (secondary N) is 1. The van der Waals surface area contributed by atoms with Gasteiger partial charge in [0, 0.05) is 30.2 Å². The topological polar surface area (TPSA) is 71.3 Å². The van der Waals surface area contributed by atoms with Crippen LogP contribution in [0.3, 0.4) is 0 Å². The smallest absolute Gasteiger partial charge is 0.276 e. The zero-order valence-corrected chi connectivity index (χ0v) is 13.9. The molecule has 1 aromatic carbocycles. The van der Waals surface area contributed by atoms with E-state index in [-0.39, 0.29) is 5.91 Å². The molecule has 25 heavy (non-hydrogen) atoms. The maximum atomic E-state index is 13.0. The Morgan fingerprint density at radius 1 is 1.24 bits per heavy atom. The third-order valence-electron chi connectivity index (χ3n) is 4.23. The first-order valence-corrected chi connectivity index (χ1v) is 8.27. The van der Waals surface area contributed by atoms with Gasteiger partial charge in [-0.25, -0.2) is 0 Å². The highest BCUT2D eigenvalue weighted by Crippen LogP contribution is 2.28. The molecule has 0 saturated heterocycles. The second kappa shape index (κ2) is 6.39. The SMILES string of the molecule is Cc1cc(Nc2ccnc(C(=O)N3CCCc4ccccc43)c2)no1. The summed E-state index contributed by atoms with van der Waals surface area (Å²) in [6.07, 6.45) is 3.58. The lowest BCUT2D eigenvalue weighted by Gasteiger charge is -2.29. The maximum Gasteiger partial charge on any atom is 0.276 e. The van der Waals surface area contributed by atoms with E-state index in [0.29, 0.717) is 18.1 Å². The van der Waals surface area contributed by atoms with Crippen molar-refractivity contribution in [3.05, 3.63) is 65.7 Å². The summed E-state index contributed by atoms with van der Waals surface area (Å²) in [6.45, 7) is 2.53. The van der Waals surface area contributed by atoms with Crippen LogP contribution in [0.1, 0.15) is 28.2 Å². The molecule has 1 aliphatic heterocycles. The van der Waals surface area contributed by atoms with E-state index in [4.69, 9.17) is 4.52 Å². The molecule has 1 N–H and O–H groups in total. The number of hydrogen-bond donors (Lipinski definition) is 1. The van der Waals surface area contributed by atoms with E-state index in [1.54, 1.807) is 24.4 Å². The van der Waals surface area contributed by atoms with Crippen LogP contribution in [0, 0.1) is 6.92 Å². The molecule has 6 heteroatoms. The first-order chi connectivity index (χ1) is 12.2. The van der Waals surface area contributed by atoms with E-state index >= 15 is 0 Å². The lowest BCUT2D eigenvalue weighted by Crippen LogP contribution is -2.35. The molecule has 0 spiro atoms. The minimum absolute atomic E-state index is 0.0906. The molecule has 126 valence electrons. The number of aromatic nitrogens is 2. The Kier molecular flexibility index (Phi) is 3.93.